The predicted octanol–water partition coefficient (Wildman–Crippen LogP) is 0.0713. The van der Waals surface area contributed by atoms with Gasteiger partial charge >= 0.3 is 0 Å². The lowest BCUT2D eigenvalue weighted by molar-refractivity contribution is -0.00000345. The van der Waals surface area contributed by atoms with Gasteiger partial charge in [-0.05, 0) is 48.4 Å². The zero-order chi connectivity index (χ0) is 11.9. The Morgan fingerprint density at radius 3 is 2.28 bits per heavy atom. The van der Waals surface area contributed by atoms with Gasteiger partial charge in [-0.15, -0.1) is 0 Å². The third-order valence-electron chi connectivity index (χ3n) is 2.58. The molecule has 0 saturated heterocycles. The van der Waals surface area contributed by atoms with Crippen LogP contribution in [0.5, 0.6) is 0 Å². The highest BCUT2D eigenvalue weighted by molar-refractivity contribution is 6.30. The van der Waals surface area contributed by atoms with Crippen molar-refractivity contribution in [3.05, 3.63) is 64.9 Å². The highest BCUT2D eigenvalue weighted by atomic mass is 35.5. The van der Waals surface area contributed by atoms with E-state index < -0.39 is 0 Å². The van der Waals surface area contributed by atoms with Gasteiger partial charge in [-0.3, -0.25) is 4.98 Å². The predicted molar refractivity (Wildman–Crippen MR) is 71.1 cm³/mol. The Morgan fingerprint density at radius 2 is 1.61 bits per heavy atom. The van der Waals surface area contributed by atoms with Crippen molar-refractivity contribution in [2.24, 2.45) is 0 Å². The second-order valence-corrected chi connectivity index (χ2v) is 4.35. The molecule has 0 unspecified atom stereocenters. The molecular formula is C14H15Cl2N2-. The van der Waals surface area contributed by atoms with Gasteiger partial charge in [0, 0.05) is 24.0 Å². The molecule has 0 fully saturated rings. The van der Waals surface area contributed by atoms with Crippen molar-refractivity contribution in [3.63, 3.8) is 0 Å². The van der Waals surface area contributed by atoms with E-state index in [1.807, 2.05) is 36.7 Å². The minimum absolute atomic E-state index is 0. The van der Waals surface area contributed by atoms with Crippen molar-refractivity contribution in [2.75, 3.05) is 6.54 Å². The number of hydrogen-bond acceptors (Lipinski definition) is 2. The molecule has 0 aliphatic rings. The first kappa shape index (κ1) is 15.0. The average molecular weight is 282 g/mol. The monoisotopic (exact) mass is 281 g/mol. The van der Waals surface area contributed by atoms with E-state index in [4.69, 9.17) is 11.6 Å². The molecule has 0 radical (unpaired) electrons. The second kappa shape index (κ2) is 8.09. The number of pyridine rings is 1. The van der Waals surface area contributed by atoms with Gasteiger partial charge in [0.05, 0.1) is 0 Å². The third kappa shape index (κ3) is 5.05. The molecule has 0 aliphatic heterocycles. The molecule has 2 rings (SSSR count). The Morgan fingerprint density at radius 1 is 0.944 bits per heavy atom. The fourth-order valence-electron chi connectivity index (χ4n) is 1.62. The van der Waals surface area contributed by atoms with E-state index in [2.05, 4.69) is 22.4 Å². The van der Waals surface area contributed by atoms with Crippen LogP contribution in [0.1, 0.15) is 11.1 Å². The SMILES string of the molecule is Clc1ccc(CCNCc2ccncc2)cc1.[Cl-]. The van der Waals surface area contributed by atoms with Gasteiger partial charge in [-0.2, -0.15) is 0 Å². The number of benzene rings is 1. The molecule has 0 saturated carbocycles. The fraction of sp³-hybridized carbons (Fsp3) is 0.214. The standard InChI is InChI=1S/C14H15ClN2.ClH/c15-14-3-1-12(2-4-14)5-10-17-11-13-6-8-16-9-7-13;/h1-4,6-9,17H,5,10-11H2;1H/p-1. The number of hydrogen-bond donors (Lipinski definition) is 1. The fourth-order valence-corrected chi connectivity index (χ4v) is 1.74. The summed E-state index contributed by atoms with van der Waals surface area (Å²) in [5.74, 6) is 0. The summed E-state index contributed by atoms with van der Waals surface area (Å²) in [7, 11) is 0. The molecule has 0 spiro atoms. The van der Waals surface area contributed by atoms with Crippen LogP contribution in [0.3, 0.4) is 0 Å². The normalized spacial score (nSPS) is 9.83. The molecule has 1 N–H and O–H groups in total. The van der Waals surface area contributed by atoms with E-state index in [-0.39, 0.29) is 12.4 Å². The van der Waals surface area contributed by atoms with E-state index in [1.165, 1.54) is 11.1 Å². The lowest BCUT2D eigenvalue weighted by Crippen LogP contribution is -3.00. The van der Waals surface area contributed by atoms with Gasteiger partial charge in [0.1, 0.15) is 0 Å². The molecule has 1 aromatic carbocycles. The molecule has 2 nitrogen and oxygen atoms in total. The van der Waals surface area contributed by atoms with Crippen molar-refractivity contribution >= 4 is 11.6 Å². The summed E-state index contributed by atoms with van der Waals surface area (Å²) < 4.78 is 0. The van der Waals surface area contributed by atoms with Gasteiger partial charge in [-0.1, -0.05) is 23.7 Å². The number of rotatable bonds is 5. The molecule has 2 aromatic rings. The second-order valence-electron chi connectivity index (χ2n) is 3.91. The molecule has 4 heteroatoms. The van der Waals surface area contributed by atoms with Crippen molar-refractivity contribution < 1.29 is 12.4 Å². The Bertz CT molecular complexity index is 443. The lowest BCUT2D eigenvalue weighted by Gasteiger charge is -2.05. The van der Waals surface area contributed by atoms with Crippen LogP contribution in [0.15, 0.2) is 48.8 Å². The summed E-state index contributed by atoms with van der Waals surface area (Å²) in [6.45, 7) is 1.85. The number of halogens is 2. The van der Waals surface area contributed by atoms with Crippen LogP contribution in [0, 0.1) is 0 Å². The van der Waals surface area contributed by atoms with Crippen LogP contribution in [0.4, 0.5) is 0 Å². The number of nitrogens with one attached hydrogen (secondary N) is 1. The number of nitrogens with zero attached hydrogens (tertiary/aromatic N) is 1. The highest BCUT2D eigenvalue weighted by Crippen LogP contribution is 2.09. The maximum absolute atomic E-state index is 5.83. The van der Waals surface area contributed by atoms with Gasteiger partial charge < -0.3 is 17.7 Å². The summed E-state index contributed by atoms with van der Waals surface area (Å²) in [5.41, 5.74) is 2.56. The zero-order valence-electron chi connectivity index (χ0n) is 9.94. The molecule has 96 valence electrons. The van der Waals surface area contributed by atoms with Crippen molar-refractivity contribution in [3.8, 4) is 0 Å². The molecule has 0 atom stereocenters. The maximum Gasteiger partial charge on any atom is 0.0406 e. The lowest BCUT2D eigenvalue weighted by atomic mass is 10.1. The van der Waals surface area contributed by atoms with Gasteiger partial charge in [0.2, 0.25) is 0 Å². The largest absolute Gasteiger partial charge is 1.00 e. The summed E-state index contributed by atoms with van der Waals surface area (Å²) >= 11 is 5.83. The van der Waals surface area contributed by atoms with Crippen LogP contribution < -0.4 is 17.7 Å². The minimum atomic E-state index is 0. The first-order valence-corrected chi connectivity index (χ1v) is 6.06. The van der Waals surface area contributed by atoms with Crippen LogP contribution in [0.2, 0.25) is 5.02 Å². The van der Waals surface area contributed by atoms with Crippen LogP contribution in [0.25, 0.3) is 0 Å². The van der Waals surface area contributed by atoms with Crippen LogP contribution in [-0.2, 0) is 13.0 Å². The molecular weight excluding hydrogens is 267 g/mol. The third-order valence-corrected chi connectivity index (χ3v) is 2.83. The van der Waals surface area contributed by atoms with Crippen molar-refractivity contribution in [1.82, 2.24) is 10.3 Å². The summed E-state index contributed by atoms with van der Waals surface area (Å²) in [5, 5.41) is 4.19. The topological polar surface area (TPSA) is 24.9 Å². The van der Waals surface area contributed by atoms with Crippen LogP contribution >= 0.6 is 11.6 Å². The molecule has 0 aliphatic carbocycles. The van der Waals surface area contributed by atoms with Crippen molar-refractivity contribution in [2.45, 2.75) is 13.0 Å². The first-order chi connectivity index (χ1) is 8.34. The molecule has 1 heterocycles. The summed E-state index contributed by atoms with van der Waals surface area (Å²) in [4.78, 5) is 3.99. The quantitative estimate of drug-likeness (QED) is 0.785. The summed E-state index contributed by atoms with van der Waals surface area (Å²) in [6.07, 6.45) is 4.65. The molecule has 18 heavy (non-hydrogen) atoms. The smallest absolute Gasteiger partial charge is 0.0406 e. The molecule has 1 aromatic heterocycles. The first-order valence-electron chi connectivity index (χ1n) is 5.68. The van der Waals surface area contributed by atoms with Crippen LogP contribution in [-0.4, -0.2) is 11.5 Å². The Kier molecular flexibility index (Phi) is 6.73. The number of aromatic nitrogens is 1. The van der Waals surface area contributed by atoms with E-state index in [0.717, 1.165) is 24.5 Å². The zero-order valence-corrected chi connectivity index (χ0v) is 11.5. The summed E-state index contributed by atoms with van der Waals surface area (Å²) in [6, 6.07) is 12.0. The van der Waals surface area contributed by atoms with Gasteiger partial charge in [-0.25, -0.2) is 0 Å². The van der Waals surface area contributed by atoms with E-state index in [0.29, 0.717) is 0 Å². The van der Waals surface area contributed by atoms with E-state index >= 15 is 0 Å². The highest BCUT2D eigenvalue weighted by Gasteiger charge is 1.94. The Balaban J connectivity index is 0.00000162. The Hall–Kier alpha value is -1.09. The van der Waals surface area contributed by atoms with Gasteiger partial charge in [0.15, 0.2) is 0 Å². The van der Waals surface area contributed by atoms with E-state index in [9.17, 15) is 0 Å². The average Bonchev–Trinajstić information content (AvgIpc) is 2.38. The Labute approximate surface area is 119 Å². The van der Waals surface area contributed by atoms with E-state index in [1.54, 1.807) is 0 Å². The maximum atomic E-state index is 5.83. The minimum Gasteiger partial charge on any atom is -1.00 e. The molecule has 0 bridgehead atoms. The van der Waals surface area contributed by atoms with Crippen molar-refractivity contribution in [1.29, 1.82) is 0 Å². The molecule has 0 amide bonds. The van der Waals surface area contributed by atoms with Gasteiger partial charge in [0.25, 0.3) is 0 Å².